The Morgan fingerprint density at radius 3 is 2.44 bits per heavy atom. The number of benzene rings is 2. The second-order valence-corrected chi connectivity index (χ2v) is 9.92. The Morgan fingerprint density at radius 1 is 1.12 bits per heavy atom. The molecule has 1 heterocycles. The fourth-order valence-electron chi connectivity index (χ4n) is 3.60. The summed E-state index contributed by atoms with van der Waals surface area (Å²) in [5.74, 6) is 2.77. The van der Waals surface area contributed by atoms with Gasteiger partial charge in [0.05, 0.1) is 6.26 Å². The Morgan fingerprint density at radius 2 is 1.81 bits per heavy atom. The van der Waals surface area contributed by atoms with Crippen molar-refractivity contribution < 1.29 is 13.2 Å². The first-order valence-electron chi connectivity index (χ1n) is 10.6. The van der Waals surface area contributed by atoms with E-state index in [1.807, 2.05) is 43.3 Å². The molecule has 0 spiro atoms. The highest BCUT2D eigenvalue weighted by Gasteiger charge is 2.24. The molecule has 1 fully saturated rings. The average molecular weight is 573 g/mol. The summed E-state index contributed by atoms with van der Waals surface area (Å²) in [6.45, 7) is 4.55. The van der Waals surface area contributed by atoms with Crippen LogP contribution in [0.15, 0.2) is 53.5 Å². The van der Waals surface area contributed by atoms with E-state index in [1.165, 1.54) is 6.26 Å². The largest absolute Gasteiger partial charge is 0.457 e. The second kappa shape index (κ2) is 12.4. The first kappa shape index (κ1) is 26.4. The number of aliphatic imine (C=N–C) groups is 1. The number of para-hydroxylation sites is 1. The molecule has 0 amide bonds. The summed E-state index contributed by atoms with van der Waals surface area (Å²) in [5.41, 5.74) is 2.18. The minimum Gasteiger partial charge on any atom is -0.457 e. The zero-order chi connectivity index (χ0) is 22.3. The quantitative estimate of drug-likeness (QED) is 0.300. The van der Waals surface area contributed by atoms with Gasteiger partial charge < -0.3 is 15.4 Å². The van der Waals surface area contributed by atoms with Gasteiger partial charge in [-0.2, -0.15) is 0 Å². The van der Waals surface area contributed by atoms with Gasteiger partial charge in [0.1, 0.15) is 11.5 Å². The fourth-order valence-corrected chi connectivity index (χ4v) is 4.48. The smallest absolute Gasteiger partial charge is 0.211 e. The summed E-state index contributed by atoms with van der Waals surface area (Å²) >= 11 is 0. The van der Waals surface area contributed by atoms with Gasteiger partial charge in [-0.05, 0) is 49.4 Å². The number of nitrogens with zero attached hydrogens (tertiary/aromatic N) is 2. The molecule has 3 rings (SSSR count). The van der Waals surface area contributed by atoms with E-state index in [4.69, 9.17) is 4.74 Å². The van der Waals surface area contributed by atoms with Crippen LogP contribution >= 0.6 is 24.0 Å². The number of rotatable bonds is 7. The molecule has 2 aromatic rings. The van der Waals surface area contributed by atoms with Crippen molar-refractivity contribution in [1.82, 2.24) is 14.9 Å². The summed E-state index contributed by atoms with van der Waals surface area (Å²) < 4.78 is 31.0. The molecule has 32 heavy (non-hydrogen) atoms. The predicted molar refractivity (Wildman–Crippen MR) is 140 cm³/mol. The lowest BCUT2D eigenvalue weighted by molar-refractivity contribution is 0.275. The van der Waals surface area contributed by atoms with Crippen molar-refractivity contribution in [2.24, 2.45) is 10.9 Å². The van der Waals surface area contributed by atoms with Gasteiger partial charge in [0.15, 0.2) is 5.96 Å². The lowest BCUT2D eigenvalue weighted by atomic mass is 9.98. The molecule has 2 N–H and O–H groups in total. The van der Waals surface area contributed by atoms with Crippen molar-refractivity contribution in [1.29, 1.82) is 0 Å². The number of aryl methyl sites for hydroxylation is 1. The van der Waals surface area contributed by atoms with Crippen LogP contribution < -0.4 is 15.4 Å². The molecule has 7 nitrogen and oxygen atoms in total. The lowest BCUT2D eigenvalue weighted by Crippen LogP contribution is -2.43. The molecule has 0 aliphatic carbocycles. The van der Waals surface area contributed by atoms with Crippen molar-refractivity contribution in [2.45, 2.75) is 26.3 Å². The van der Waals surface area contributed by atoms with Crippen molar-refractivity contribution in [3.05, 3.63) is 59.7 Å². The van der Waals surface area contributed by atoms with E-state index >= 15 is 0 Å². The van der Waals surface area contributed by atoms with Crippen LogP contribution in [0.3, 0.4) is 0 Å². The number of halogens is 1. The van der Waals surface area contributed by atoms with Crippen LogP contribution in [0.1, 0.15) is 24.0 Å². The molecule has 2 aromatic carbocycles. The molecule has 0 bridgehead atoms. The molecule has 0 unspecified atom stereocenters. The zero-order valence-electron chi connectivity index (χ0n) is 18.9. The van der Waals surface area contributed by atoms with Gasteiger partial charge in [0.25, 0.3) is 0 Å². The Balaban J connectivity index is 0.00000363. The van der Waals surface area contributed by atoms with Gasteiger partial charge >= 0.3 is 0 Å². The maximum absolute atomic E-state index is 11.7. The summed E-state index contributed by atoms with van der Waals surface area (Å²) in [6.07, 6.45) is 2.98. The van der Waals surface area contributed by atoms with E-state index in [9.17, 15) is 8.42 Å². The van der Waals surface area contributed by atoms with Crippen molar-refractivity contribution in [2.75, 3.05) is 32.9 Å². The number of hydrogen-bond acceptors (Lipinski definition) is 4. The van der Waals surface area contributed by atoms with Crippen LogP contribution in [0.4, 0.5) is 0 Å². The number of sulfonamides is 1. The van der Waals surface area contributed by atoms with E-state index in [-0.39, 0.29) is 24.0 Å². The summed E-state index contributed by atoms with van der Waals surface area (Å²) in [6, 6.07) is 15.9. The van der Waals surface area contributed by atoms with Gasteiger partial charge in [-0.25, -0.2) is 12.7 Å². The molecule has 0 aromatic heterocycles. The van der Waals surface area contributed by atoms with Gasteiger partial charge in [0.2, 0.25) is 10.0 Å². The topological polar surface area (TPSA) is 83.0 Å². The highest BCUT2D eigenvalue weighted by atomic mass is 127. The molecule has 9 heteroatoms. The molecule has 0 radical (unpaired) electrons. The van der Waals surface area contributed by atoms with Gasteiger partial charge in [-0.15, -0.1) is 24.0 Å². The monoisotopic (exact) mass is 572 g/mol. The number of hydrogen-bond donors (Lipinski definition) is 2. The number of piperidine rings is 1. The molecule has 0 saturated carbocycles. The third kappa shape index (κ3) is 7.93. The Hall–Kier alpha value is -1.85. The van der Waals surface area contributed by atoms with E-state index in [0.717, 1.165) is 48.0 Å². The predicted octanol–water partition coefficient (Wildman–Crippen LogP) is 3.74. The molecular weight excluding hydrogens is 539 g/mol. The summed E-state index contributed by atoms with van der Waals surface area (Å²) in [5, 5.41) is 6.73. The van der Waals surface area contributed by atoms with Crippen LogP contribution in [0, 0.1) is 12.8 Å². The average Bonchev–Trinajstić information content (AvgIpc) is 2.75. The van der Waals surface area contributed by atoms with Gasteiger partial charge in [-0.3, -0.25) is 4.99 Å². The molecule has 1 saturated heterocycles. The third-order valence-electron chi connectivity index (χ3n) is 5.46. The van der Waals surface area contributed by atoms with E-state index in [2.05, 4.69) is 27.8 Å². The minimum absolute atomic E-state index is 0. The standard InChI is InChI=1S/C23H32N4O3S.HI/c1-18-9-10-20(22(15-18)30-21-7-5-4-6-8-21)17-26-23(24-2)25-16-19-11-13-27(14-12-19)31(3,28)29;/h4-10,15,19H,11-14,16-17H2,1-3H3,(H2,24,25,26);1H. The van der Waals surface area contributed by atoms with Crippen LogP contribution in [-0.4, -0.2) is 51.6 Å². The highest BCUT2D eigenvalue weighted by Crippen LogP contribution is 2.26. The molecule has 0 atom stereocenters. The van der Waals surface area contributed by atoms with E-state index in [0.29, 0.717) is 25.6 Å². The summed E-state index contributed by atoms with van der Waals surface area (Å²) in [7, 11) is -1.34. The van der Waals surface area contributed by atoms with Crippen LogP contribution in [0.5, 0.6) is 11.5 Å². The maximum Gasteiger partial charge on any atom is 0.211 e. The minimum atomic E-state index is -3.09. The van der Waals surface area contributed by atoms with Crippen LogP contribution in [-0.2, 0) is 16.6 Å². The van der Waals surface area contributed by atoms with Crippen LogP contribution in [0.2, 0.25) is 0 Å². The molecule has 1 aliphatic heterocycles. The number of guanidine groups is 1. The Labute approximate surface area is 208 Å². The van der Waals surface area contributed by atoms with Gasteiger partial charge in [0, 0.05) is 38.8 Å². The number of nitrogens with one attached hydrogen (secondary N) is 2. The first-order valence-corrected chi connectivity index (χ1v) is 12.4. The van der Waals surface area contributed by atoms with Crippen LogP contribution in [0.25, 0.3) is 0 Å². The van der Waals surface area contributed by atoms with E-state index < -0.39 is 10.0 Å². The van der Waals surface area contributed by atoms with Crippen molar-refractivity contribution >= 4 is 40.0 Å². The lowest BCUT2D eigenvalue weighted by Gasteiger charge is -2.30. The second-order valence-electron chi connectivity index (χ2n) is 7.94. The Kier molecular flexibility index (Phi) is 10.2. The third-order valence-corrected chi connectivity index (χ3v) is 6.77. The van der Waals surface area contributed by atoms with E-state index in [1.54, 1.807) is 11.4 Å². The van der Waals surface area contributed by atoms with Crippen molar-refractivity contribution in [3.63, 3.8) is 0 Å². The maximum atomic E-state index is 11.7. The Bertz CT molecular complexity index is 992. The molecular formula is C23H33IN4O3S. The van der Waals surface area contributed by atoms with Gasteiger partial charge in [-0.1, -0.05) is 30.3 Å². The van der Waals surface area contributed by atoms with Crippen molar-refractivity contribution in [3.8, 4) is 11.5 Å². The first-order chi connectivity index (χ1) is 14.8. The fraction of sp³-hybridized carbons (Fsp3) is 0.435. The highest BCUT2D eigenvalue weighted by molar-refractivity contribution is 14.0. The normalized spacial score (nSPS) is 15.7. The summed E-state index contributed by atoms with van der Waals surface area (Å²) in [4.78, 5) is 4.32. The zero-order valence-corrected chi connectivity index (χ0v) is 22.0. The number of ether oxygens (including phenoxy) is 1. The molecule has 1 aliphatic rings. The molecule has 176 valence electrons. The SMILES string of the molecule is CN=C(NCc1ccc(C)cc1Oc1ccccc1)NCC1CCN(S(C)(=O)=O)CC1.I.